The van der Waals surface area contributed by atoms with Gasteiger partial charge in [-0.2, -0.15) is 0 Å². The van der Waals surface area contributed by atoms with Crippen LogP contribution in [0, 0.1) is 13.8 Å². The van der Waals surface area contributed by atoms with E-state index in [0.717, 1.165) is 27.9 Å². The van der Waals surface area contributed by atoms with Crippen LogP contribution < -0.4 is 5.73 Å². The summed E-state index contributed by atoms with van der Waals surface area (Å²) in [5.41, 5.74) is 10.4. The van der Waals surface area contributed by atoms with Gasteiger partial charge in [0, 0.05) is 24.8 Å². The first-order valence-electron chi connectivity index (χ1n) is 5.27. The highest BCUT2D eigenvalue weighted by molar-refractivity contribution is 5.83. The van der Waals surface area contributed by atoms with Crippen molar-refractivity contribution in [2.45, 2.75) is 20.3 Å². The molecule has 0 aliphatic heterocycles. The molecule has 0 fully saturated rings. The molecule has 16 heavy (non-hydrogen) atoms. The maximum atomic E-state index is 5.95. The largest absolute Gasteiger partial charge is 0.441 e. The number of nitrogen functional groups attached to an aromatic ring is 1. The van der Waals surface area contributed by atoms with Gasteiger partial charge in [-0.05, 0) is 25.5 Å². The van der Waals surface area contributed by atoms with Crippen LogP contribution in [0.2, 0.25) is 0 Å². The highest BCUT2D eigenvalue weighted by atomic mass is 16.5. The number of fused-ring (bicyclic) bond motifs is 1. The molecule has 4 nitrogen and oxygen atoms in total. The molecule has 1 heterocycles. The lowest BCUT2D eigenvalue weighted by Gasteiger charge is -2.02. The minimum Gasteiger partial charge on any atom is -0.441 e. The monoisotopic (exact) mass is 220 g/mol. The van der Waals surface area contributed by atoms with Crippen molar-refractivity contribution in [1.82, 2.24) is 4.98 Å². The first kappa shape index (κ1) is 11.0. The number of ether oxygens (including phenoxy) is 1. The Labute approximate surface area is 94.4 Å². The molecule has 0 aliphatic carbocycles. The summed E-state index contributed by atoms with van der Waals surface area (Å²) in [7, 11) is 1.66. The zero-order chi connectivity index (χ0) is 11.7. The summed E-state index contributed by atoms with van der Waals surface area (Å²) in [4.78, 5) is 4.43. The van der Waals surface area contributed by atoms with E-state index in [2.05, 4.69) is 4.98 Å². The van der Waals surface area contributed by atoms with Gasteiger partial charge in [0.15, 0.2) is 11.5 Å². The summed E-state index contributed by atoms with van der Waals surface area (Å²) < 4.78 is 10.6. The summed E-state index contributed by atoms with van der Waals surface area (Å²) in [5.74, 6) is 0.699. The van der Waals surface area contributed by atoms with E-state index < -0.39 is 0 Å². The van der Waals surface area contributed by atoms with Gasteiger partial charge in [-0.3, -0.25) is 0 Å². The summed E-state index contributed by atoms with van der Waals surface area (Å²) in [6, 6.07) is 1.93. The summed E-state index contributed by atoms with van der Waals surface area (Å²) in [6.07, 6.45) is 0.684. The molecule has 2 N–H and O–H groups in total. The average Bonchev–Trinajstić information content (AvgIpc) is 2.66. The molecular weight excluding hydrogens is 204 g/mol. The van der Waals surface area contributed by atoms with E-state index >= 15 is 0 Å². The van der Waals surface area contributed by atoms with Crippen molar-refractivity contribution in [2.75, 3.05) is 19.5 Å². The van der Waals surface area contributed by atoms with Gasteiger partial charge in [0.05, 0.1) is 6.61 Å². The zero-order valence-electron chi connectivity index (χ0n) is 9.83. The molecule has 1 aromatic heterocycles. The van der Waals surface area contributed by atoms with Gasteiger partial charge >= 0.3 is 0 Å². The van der Waals surface area contributed by atoms with Gasteiger partial charge in [0.1, 0.15) is 5.52 Å². The van der Waals surface area contributed by atoms with Gasteiger partial charge in [0.25, 0.3) is 0 Å². The molecule has 0 saturated carbocycles. The maximum absolute atomic E-state index is 5.95. The Kier molecular flexibility index (Phi) is 2.83. The molecule has 0 aliphatic rings. The molecule has 0 atom stereocenters. The molecule has 4 heteroatoms. The fourth-order valence-corrected chi connectivity index (χ4v) is 1.74. The second-order valence-electron chi connectivity index (χ2n) is 3.93. The zero-order valence-corrected chi connectivity index (χ0v) is 9.83. The molecule has 2 rings (SSSR count). The summed E-state index contributed by atoms with van der Waals surface area (Å²) in [5, 5.41) is 0. The lowest BCUT2D eigenvalue weighted by atomic mass is 10.1. The Hall–Kier alpha value is -1.55. The number of hydrogen-bond donors (Lipinski definition) is 1. The molecule has 1 aromatic carbocycles. The summed E-state index contributed by atoms with van der Waals surface area (Å²) >= 11 is 0. The normalized spacial score (nSPS) is 11.2. The van der Waals surface area contributed by atoms with Gasteiger partial charge in [-0.15, -0.1) is 0 Å². The average molecular weight is 220 g/mol. The summed E-state index contributed by atoms with van der Waals surface area (Å²) in [6.45, 7) is 4.55. The van der Waals surface area contributed by atoms with Crippen molar-refractivity contribution in [3.63, 3.8) is 0 Å². The van der Waals surface area contributed by atoms with E-state index in [-0.39, 0.29) is 0 Å². The number of aromatic nitrogens is 1. The van der Waals surface area contributed by atoms with Crippen LogP contribution in [-0.4, -0.2) is 18.7 Å². The van der Waals surface area contributed by atoms with E-state index in [1.165, 1.54) is 0 Å². The minimum atomic E-state index is 0.611. The van der Waals surface area contributed by atoms with Crippen molar-refractivity contribution < 1.29 is 9.15 Å². The van der Waals surface area contributed by atoms with Crippen LogP contribution in [0.1, 0.15) is 17.0 Å². The number of methoxy groups -OCH3 is 1. The fourth-order valence-electron chi connectivity index (χ4n) is 1.74. The van der Waals surface area contributed by atoms with E-state index in [9.17, 15) is 0 Å². The van der Waals surface area contributed by atoms with Crippen molar-refractivity contribution in [3.05, 3.63) is 23.1 Å². The third-order valence-electron chi connectivity index (χ3n) is 2.75. The molecule has 0 amide bonds. The molecular formula is C12H16N2O2. The second-order valence-corrected chi connectivity index (χ2v) is 3.93. The molecule has 0 radical (unpaired) electrons. The van der Waals surface area contributed by atoms with E-state index in [1.54, 1.807) is 7.11 Å². The fraction of sp³-hybridized carbons (Fsp3) is 0.417. The number of aryl methyl sites for hydroxylation is 2. The first-order chi connectivity index (χ1) is 7.63. The van der Waals surface area contributed by atoms with Crippen LogP contribution >= 0.6 is 0 Å². The standard InChI is InChI=1S/C12H16N2O2/c1-7-6-9-12(8(2)11(7)13)14-10(16-9)4-5-15-3/h6H,4-5,13H2,1-3H3. The number of nitrogens with two attached hydrogens (primary N) is 1. The quantitative estimate of drug-likeness (QED) is 0.805. The molecule has 0 bridgehead atoms. The predicted molar refractivity (Wildman–Crippen MR) is 63.5 cm³/mol. The number of rotatable bonds is 3. The van der Waals surface area contributed by atoms with Crippen molar-refractivity contribution in [2.24, 2.45) is 0 Å². The molecule has 0 spiro atoms. The predicted octanol–water partition coefficient (Wildman–Crippen LogP) is 2.22. The Morgan fingerprint density at radius 2 is 2.19 bits per heavy atom. The number of hydrogen-bond acceptors (Lipinski definition) is 4. The van der Waals surface area contributed by atoms with Crippen molar-refractivity contribution in [1.29, 1.82) is 0 Å². The van der Waals surface area contributed by atoms with Crippen LogP contribution in [0.5, 0.6) is 0 Å². The van der Waals surface area contributed by atoms with Crippen molar-refractivity contribution >= 4 is 16.8 Å². The Balaban J connectivity index is 2.49. The number of benzene rings is 1. The first-order valence-corrected chi connectivity index (χ1v) is 5.27. The third kappa shape index (κ3) is 1.76. The lowest BCUT2D eigenvalue weighted by molar-refractivity contribution is 0.196. The van der Waals surface area contributed by atoms with Gasteiger partial charge in [0.2, 0.25) is 0 Å². The number of nitrogens with zero attached hydrogens (tertiary/aromatic N) is 1. The SMILES string of the molecule is COCCc1nc2c(C)c(N)c(C)cc2o1. The van der Waals surface area contributed by atoms with E-state index in [1.807, 2.05) is 19.9 Å². The Bertz CT molecular complexity index is 517. The molecule has 86 valence electrons. The number of oxazole rings is 1. The number of anilines is 1. The Morgan fingerprint density at radius 1 is 1.44 bits per heavy atom. The molecule has 0 saturated heterocycles. The van der Waals surface area contributed by atoms with Crippen LogP contribution in [0.25, 0.3) is 11.1 Å². The van der Waals surface area contributed by atoms with E-state index in [4.69, 9.17) is 14.9 Å². The second kappa shape index (κ2) is 4.14. The van der Waals surface area contributed by atoms with Crippen molar-refractivity contribution in [3.8, 4) is 0 Å². The van der Waals surface area contributed by atoms with Gasteiger partial charge in [-0.25, -0.2) is 4.98 Å². The van der Waals surface area contributed by atoms with Crippen LogP contribution in [0.4, 0.5) is 5.69 Å². The van der Waals surface area contributed by atoms with Crippen LogP contribution in [0.15, 0.2) is 10.5 Å². The molecule has 0 unspecified atom stereocenters. The highest BCUT2D eigenvalue weighted by Gasteiger charge is 2.11. The van der Waals surface area contributed by atoms with Crippen LogP contribution in [-0.2, 0) is 11.2 Å². The highest BCUT2D eigenvalue weighted by Crippen LogP contribution is 2.27. The van der Waals surface area contributed by atoms with Gasteiger partial charge in [-0.1, -0.05) is 0 Å². The van der Waals surface area contributed by atoms with Crippen LogP contribution in [0.3, 0.4) is 0 Å². The maximum Gasteiger partial charge on any atom is 0.197 e. The topological polar surface area (TPSA) is 61.3 Å². The van der Waals surface area contributed by atoms with Gasteiger partial charge < -0.3 is 14.9 Å². The Morgan fingerprint density at radius 3 is 2.88 bits per heavy atom. The minimum absolute atomic E-state index is 0.611. The van der Waals surface area contributed by atoms with E-state index in [0.29, 0.717) is 18.9 Å². The molecule has 2 aromatic rings. The lowest BCUT2D eigenvalue weighted by Crippen LogP contribution is -1.95. The smallest absolute Gasteiger partial charge is 0.197 e. The third-order valence-corrected chi connectivity index (χ3v) is 2.75.